The summed E-state index contributed by atoms with van der Waals surface area (Å²) in [6, 6.07) is 6.97. The fraction of sp³-hybridized carbons (Fsp3) is 0.435. The Morgan fingerprint density at radius 2 is 1.95 bits per heavy atom. The number of piperazine rings is 1. The van der Waals surface area contributed by atoms with Gasteiger partial charge >= 0.3 is 12.1 Å². The molecule has 0 amide bonds. The van der Waals surface area contributed by atoms with Crippen LogP contribution in [0.15, 0.2) is 29.1 Å². The molecule has 198 valence electrons. The van der Waals surface area contributed by atoms with Crippen LogP contribution in [0, 0.1) is 11.8 Å². The van der Waals surface area contributed by atoms with E-state index in [0.29, 0.717) is 31.2 Å². The summed E-state index contributed by atoms with van der Waals surface area (Å²) in [4.78, 5) is 38.1. The van der Waals surface area contributed by atoms with Crippen LogP contribution in [0.5, 0.6) is 0 Å². The number of aromatic nitrogens is 2. The molecule has 37 heavy (non-hydrogen) atoms. The maximum absolute atomic E-state index is 13.5. The van der Waals surface area contributed by atoms with E-state index in [-0.39, 0.29) is 30.5 Å². The first-order valence-corrected chi connectivity index (χ1v) is 11.8. The summed E-state index contributed by atoms with van der Waals surface area (Å²) in [5, 5.41) is 7.52. The predicted molar refractivity (Wildman–Crippen MR) is 132 cm³/mol. The van der Waals surface area contributed by atoms with E-state index in [1.165, 1.54) is 16.5 Å². The molecule has 2 N–H and O–H groups in total. The van der Waals surface area contributed by atoms with Gasteiger partial charge in [0.2, 0.25) is 11.8 Å². The molecule has 0 bridgehead atoms. The van der Waals surface area contributed by atoms with Gasteiger partial charge in [0.25, 0.3) is 5.56 Å². The van der Waals surface area contributed by atoms with Gasteiger partial charge in [-0.05, 0) is 24.6 Å². The zero-order valence-corrected chi connectivity index (χ0v) is 20.9. The lowest BCUT2D eigenvalue weighted by molar-refractivity contribution is -0.203. The topological polar surface area (TPSA) is 95.0 Å². The van der Waals surface area contributed by atoms with Gasteiger partial charge in [0, 0.05) is 44.8 Å². The Morgan fingerprint density at radius 3 is 2.57 bits per heavy atom. The fourth-order valence-electron chi connectivity index (χ4n) is 4.09. The number of halogens is 4. The molecule has 1 unspecified atom stereocenters. The van der Waals surface area contributed by atoms with Crippen LogP contribution < -0.4 is 26.2 Å². The number of nitrogens with zero attached hydrogens (tertiary/aromatic N) is 5. The smallest absolute Gasteiger partial charge is 0.351 e. The summed E-state index contributed by atoms with van der Waals surface area (Å²) in [6.07, 6.45) is -6.30. The Hall–Kier alpha value is -3.47. The highest BCUT2D eigenvalue weighted by atomic mass is 35.5. The molecule has 1 saturated heterocycles. The van der Waals surface area contributed by atoms with Gasteiger partial charge in [0.15, 0.2) is 12.0 Å². The molecule has 14 heteroatoms. The van der Waals surface area contributed by atoms with Gasteiger partial charge in [-0.1, -0.05) is 29.7 Å². The molecule has 2 aliphatic heterocycles. The van der Waals surface area contributed by atoms with Gasteiger partial charge in [-0.25, -0.2) is 4.79 Å². The Balaban J connectivity index is 1.78. The van der Waals surface area contributed by atoms with Crippen molar-refractivity contribution in [3.8, 4) is 11.8 Å². The molecule has 2 aliphatic rings. The molecule has 4 rings (SSSR count). The van der Waals surface area contributed by atoms with Gasteiger partial charge in [0.1, 0.15) is 0 Å². The fourth-order valence-corrected chi connectivity index (χ4v) is 4.22. The maximum atomic E-state index is 13.5. The van der Waals surface area contributed by atoms with E-state index in [1.54, 1.807) is 36.1 Å². The van der Waals surface area contributed by atoms with Crippen molar-refractivity contribution in [1.82, 2.24) is 19.8 Å². The SMILES string of the molecule is CC#CCN1c2c(nc(NCc3ccc(Cl)cc3)n(C)c2=O)N(OC(=O)C(F)(F)F)C1N1CCNCC1. The third kappa shape index (κ3) is 5.61. The summed E-state index contributed by atoms with van der Waals surface area (Å²) in [6.45, 7) is 3.84. The van der Waals surface area contributed by atoms with Crippen molar-refractivity contribution in [2.45, 2.75) is 25.9 Å². The van der Waals surface area contributed by atoms with E-state index in [1.807, 2.05) is 0 Å². The van der Waals surface area contributed by atoms with E-state index >= 15 is 0 Å². The maximum Gasteiger partial charge on any atom is 0.493 e. The minimum absolute atomic E-state index is 0.00658. The molecular formula is C23H25ClF3N7O3. The lowest BCUT2D eigenvalue weighted by atomic mass is 10.2. The Bertz CT molecular complexity index is 1270. The number of carbonyl (C=O) groups excluding carboxylic acids is 1. The second kappa shape index (κ2) is 10.9. The Labute approximate surface area is 215 Å². The monoisotopic (exact) mass is 539 g/mol. The molecule has 1 aromatic carbocycles. The number of benzene rings is 1. The Kier molecular flexibility index (Phi) is 7.82. The van der Waals surface area contributed by atoms with Crippen molar-refractivity contribution in [3.63, 3.8) is 0 Å². The third-order valence-electron chi connectivity index (χ3n) is 5.91. The average Bonchev–Trinajstić information content (AvgIpc) is 3.17. The molecule has 0 aliphatic carbocycles. The highest BCUT2D eigenvalue weighted by molar-refractivity contribution is 6.30. The molecular weight excluding hydrogens is 515 g/mol. The molecule has 3 heterocycles. The van der Waals surface area contributed by atoms with Gasteiger partial charge in [-0.15, -0.1) is 11.0 Å². The van der Waals surface area contributed by atoms with E-state index in [2.05, 4.69) is 27.5 Å². The summed E-state index contributed by atoms with van der Waals surface area (Å²) >= 11 is 5.93. The number of hydrogen-bond acceptors (Lipinski definition) is 9. The molecule has 0 spiro atoms. The highest BCUT2D eigenvalue weighted by Crippen LogP contribution is 2.38. The van der Waals surface area contributed by atoms with Crippen LogP contribution in [-0.2, 0) is 23.2 Å². The predicted octanol–water partition coefficient (Wildman–Crippen LogP) is 1.90. The lowest BCUT2D eigenvalue weighted by Gasteiger charge is -2.40. The van der Waals surface area contributed by atoms with Crippen molar-refractivity contribution in [2.24, 2.45) is 7.05 Å². The van der Waals surface area contributed by atoms with Crippen molar-refractivity contribution >= 4 is 35.0 Å². The zero-order chi connectivity index (χ0) is 26.7. The molecule has 1 aromatic heterocycles. The summed E-state index contributed by atoms with van der Waals surface area (Å²) in [5.74, 6) is 3.05. The van der Waals surface area contributed by atoms with Crippen molar-refractivity contribution in [3.05, 3.63) is 45.2 Å². The zero-order valence-electron chi connectivity index (χ0n) is 20.1. The number of hydroxylamine groups is 1. The Morgan fingerprint density at radius 1 is 1.27 bits per heavy atom. The number of rotatable bonds is 6. The number of hydrogen-bond donors (Lipinski definition) is 2. The first-order valence-electron chi connectivity index (χ1n) is 11.4. The van der Waals surface area contributed by atoms with Gasteiger partial charge < -0.3 is 20.4 Å². The number of carbonyl (C=O) groups is 1. The van der Waals surface area contributed by atoms with Gasteiger partial charge in [0.05, 0.1) is 6.54 Å². The van der Waals surface area contributed by atoms with Crippen LogP contribution in [-0.4, -0.2) is 65.6 Å². The van der Waals surface area contributed by atoms with Crippen molar-refractivity contribution < 1.29 is 22.8 Å². The molecule has 0 saturated carbocycles. The minimum Gasteiger partial charge on any atom is -0.351 e. The number of alkyl halides is 3. The third-order valence-corrected chi connectivity index (χ3v) is 6.17. The quantitative estimate of drug-likeness (QED) is 0.534. The number of anilines is 3. The second-order valence-corrected chi connectivity index (χ2v) is 8.78. The van der Waals surface area contributed by atoms with Crippen LogP contribution in [0.2, 0.25) is 5.02 Å². The molecule has 10 nitrogen and oxygen atoms in total. The molecule has 1 atom stereocenters. The summed E-state index contributed by atoms with van der Waals surface area (Å²) in [5.41, 5.74) is 0.283. The van der Waals surface area contributed by atoms with Crippen LogP contribution in [0.25, 0.3) is 0 Å². The van der Waals surface area contributed by atoms with Crippen molar-refractivity contribution in [1.29, 1.82) is 0 Å². The van der Waals surface area contributed by atoms with E-state index in [0.717, 1.165) is 10.6 Å². The normalized spacial score (nSPS) is 17.7. The average molecular weight is 540 g/mol. The van der Waals surface area contributed by atoms with Gasteiger partial charge in [-0.3, -0.25) is 14.3 Å². The van der Waals surface area contributed by atoms with E-state index < -0.39 is 24.0 Å². The van der Waals surface area contributed by atoms with E-state index in [9.17, 15) is 22.8 Å². The van der Waals surface area contributed by atoms with Gasteiger partial charge in [-0.2, -0.15) is 18.2 Å². The van der Waals surface area contributed by atoms with Crippen LogP contribution in [0.1, 0.15) is 12.5 Å². The first kappa shape index (κ1) is 26.6. The standard InChI is InChI=1S/C23H25ClF3N7O3/c1-3-4-11-33-17-18(30-21(31(2)19(17)35)29-14-15-5-7-16(24)8-6-15)34(37-20(36)23(25,26)27)22(33)32-12-9-28-10-13-32/h5-8,22,28H,9-14H2,1-2H3,(H,29,30). The van der Waals surface area contributed by atoms with Crippen LogP contribution in [0.3, 0.4) is 0 Å². The molecule has 0 radical (unpaired) electrons. The van der Waals surface area contributed by atoms with Crippen molar-refractivity contribution in [2.75, 3.05) is 48.0 Å². The minimum atomic E-state index is -5.25. The number of fused-ring (bicyclic) bond motifs is 1. The number of nitrogens with one attached hydrogen (secondary N) is 2. The van der Waals surface area contributed by atoms with Crippen LogP contribution >= 0.6 is 11.6 Å². The summed E-state index contributed by atoms with van der Waals surface area (Å²) < 4.78 is 41.0. The van der Waals surface area contributed by atoms with Crippen LogP contribution in [0.4, 0.5) is 30.6 Å². The largest absolute Gasteiger partial charge is 0.493 e. The highest BCUT2D eigenvalue weighted by Gasteiger charge is 2.50. The molecule has 1 fully saturated rings. The van der Waals surface area contributed by atoms with E-state index in [4.69, 9.17) is 16.4 Å². The first-order chi connectivity index (χ1) is 17.6. The second-order valence-electron chi connectivity index (χ2n) is 8.34. The summed E-state index contributed by atoms with van der Waals surface area (Å²) in [7, 11) is 1.49. The lowest BCUT2D eigenvalue weighted by Crippen LogP contribution is -2.61. The molecule has 2 aromatic rings.